The van der Waals surface area contributed by atoms with Crippen LogP contribution in [0.15, 0.2) is 0 Å². The van der Waals surface area contributed by atoms with Gasteiger partial charge in [-0.1, -0.05) is 13.8 Å². The van der Waals surface area contributed by atoms with E-state index in [1.165, 1.54) is 0 Å². The normalized spacial score (nSPS) is 14.9. The summed E-state index contributed by atoms with van der Waals surface area (Å²) in [7, 11) is 0. The van der Waals surface area contributed by atoms with E-state index in [9.17, 15) is 9.59 Å². The average molecular weight is 187 g/mol. The molecule has 0 heterocycles. The molecule has 1 amide bonds. The molecule has 76 valence electrons. The van der Waals surface area contributed by atoms with Crippen molar-refractivity contribution < 1.29 is 14.7 Å². The predicted octanol–water partition coefficient (Wildman–Crippen LogP) is 0.999. The Bertz CT molecular complexity index is 191. The Morgan fingerprint density at radius 3 is 2.31 bits per heavy atom. The molecule has 3 N–H and O–H groups in total. The van der Waals surface area contributed by atoms with Crippen LogP contribution in [0.2, 0.25) is 0 Å². The van der Waals surface area contributed by atoms with Crippen LogP contribution < -0.4 is 5.73 Å². The van der Waals surface area contributed by atoms with Gasteiger partial charge in [0.2, 0.25) is 5.91 Å². The number of primary amides is 1. The zero-order valence-corrected chi connectivity index (χ0v) is 8.12. The van der Waals surface area contributed by atoms with Crippen molar-refractivity contribution in [3.8, 4) is 0 Å². The SMILES string of the molecule is CCC(CC(C)CC(=O)O)C(N)=O. The number of hydrogen-bond donors (Lipinski definition) is 2. The molecule has 0 aliphatic heterocycles. The van der Waals surface area contributed by atoms with Gasteiger partial charge in [-0.05, 0) is 18.8 Å². The molecule has 4 heteroatoms. The quantitative estimate of drug-likeness (QED) is 0.650. The Labute approximate surface area is 78.1 Å². The van der Waals surface area contributed by atoms with E-state index in [1.54, 1.807) is 0 Å². The lowest BCUT2D eigenvalue weighted by atomic mass is 9.91. The van der Waals surface area contributed by atoms with Gasteiger partial charge in [-0.2, -0.15) is 0 Å². The van der Waals surface area contributed by atoms with Gasteiger partial charge in [-0.15, -0.1) is 0 Å². The van der Waals surface area contributed by atoms with E-state index in [1.807, 2.05) is 13.8 Å². The first-order chi connectivity index (χ1) is 5.97. The number of carbonyl (C=O) groups is 2. The number of amides is 1. The van der Waals surface area contributed by atoms with Crippen molar-refractivity contribution in [2.24, 2.45) is 17.6 Å². The Hall–Kier alpha value is -1.06. The summed E-state index contributed by atoms with van der Waals surface area (Å²) in [6.07, 6.45) is 1.35. The molecular weight excluding hydrogens is 170 g/mol. The molecular formula is C9H17NO3. The molecule has 0 bridgehead atoms. The van der Waals surface area contributed by atoms with E-state index in [-0.39, 0.29) is 24.2 Å². The van der Waals surface area contributed by atoms with Gasteiger partial charge in [0.1, 0.15) is 0 Å². The molecule has 0 aliphatic rings. The fraction of sp³-hybridized carbons (Fsp3) is 0.778. The number of nitrogens with two attached hydrogens (primary N) is 1. The van der Waals surface area contributed by atoms with E-state index < -0.39 is 5.97 Å². The number of hydrogen-bond acceptors (Lipinski definition) is 2. The van der Waals surface area contributed by atoms with Crippen molar-refractivity contribution in [1.82, 2.24) is 0 Å². The van der Waals surface area contributed by atoms with Crippen LogP contribution in [0.1, 0.15) is 33.1 Å². The number of rotatable bonds is 6. The van der Waals surface area contributed by atoms with Gasteiger partial charge >= 0.3 is 5.97 Å². The highest BCUT2D eigenvalue weighted by atomic mass is 16.4. The van der Waals surface area contributed by atoms with Gasteiger partial charge in [0.05, 0.1) is 0 Å². The topological polar surface area (TPSA) is 80.4 Å². The van der Waals surface area contributed by atoms with Crippen molar-refractivity contribution in [1.29, 1.82) is 0 Å². The first-order valence-corrected chi connectivity index (χ1v) is 4.48. The monoisotopic (exact) mass is 187 g/mol. The first-order valence-electron chi connectivity index (χ1n) is 4.48. The smallest absolute Gasteiger partial charge is 0.303 e. The van der Waals surface area contributed by atoms with Crippen LogP contribution >= 0.6 is 0 Å². The number of carboxylic acids is 1. The van der Waals surface area contributed by atoms with E-state index in [2.05, 4.69) is 0 Å². The third-order valence-corrected chi connectivity index (χ3v) is 2.11. The maximum atomic E-state index is 10.8. The van der Waals surface area contributed by atoms with Crippen molar-refractivity contribution in [3.05, 3.63) is 0 Å². The highest BCUT2D eigenvalue weighted by Gasteiger charge is 2.18. The zero-order valence-electron chi connectivity index (χ0n) is 8.12. The third-order valence-electron chi connectivity index (χ3n) is 2.11. The Kier molecular flexibility index (Phi) is 5.11. The Morgan fingerprint density at radius 2 is 2.00 bits per heavy atom. The van der Waals surface area contributed by atoms with Crippen LogP contribution in [-0.2, 0) is 9.59 Å². The fourth-order valence-corrected chi connectivity index (χ4v) is 1.35. The average Bonchev–Trinajstić information content (AvgIpc) is 1.98. The highest BCUT2D eigenvalue weighted by molar-refractivity contribution is 5.76. The molecule has 13 heavy (non-hydrogen) atoms. The van der Waals surface area contributed by atoms with Crippen molar-refractivity contribution >= 4 is 11.9 Å². The number of carboxylic acid groups (broad SMARTS) is 1. The summed E-state index contributed by atoms with van der Waals surface area (Å²) in [6, 6.07) is 0. The minimum absolute atomic E-state index is 0.00921. The van der Waals surface area contributed by atoms with Crippen LogP contribution in [-0.4, -0.2) is 17.0 Å². The van der Waals surface area contributed by atoms with Gasteiger partial charge in [-0.25, -0.2) is 0 Å². The standard InChI is InChI=1S/C9H17NO3/c1-3-7(9(10)13)4-6(2)5-8(11)12/h6-7H,3-5H2,1-2H3,(H2,10,13)(H,11,12). The molecule has 4 nitrogen and oxygen atoms in total. The summed E-state index contributed by atoms with van der Waals surface area (Å²) < 4.78 is 0. The summed E-state index contributed by atoms with van der Waals surface area (Å²) in [4.78, 5) is 21.2. The minimum atomic E-state index is -0.827. The van der Waals surface area contributed by atoms with Crippen LogP contribution in [0.25, 0.3) is 0 Å². The van der Waals surface area contributed by atoms with Gasteiger partial charge in [0.25, 0.3) is 0 Å². The van der Waals surface area contributed by atoms with Gasteiger partial charge < -0.3 is 10.8 Å². The minimum Gasteiger partial charge on any atom is -0.481 e. The molecule has 0 spiro atoms. The second kappa shape index (κ2) is 5.56. The second-order valence-electron chi connectivity index (χ2n) is 3.45. The predicted molar refractivity (Wildman–Crippen MR) is 49.0 cm³/mol. The molecule has 0 saturated carbocycles. The summed E-state index contributed by atoms with van der Waals surface area (Å²) in [5.74, 6) is -1.34. The molecule has 0 saturated heterocycles. The lowest BCUT2D eigenvalue weighted by Crippen LogP contribution is -2.25. The molecule has 2 unspecified atom stereocenters. The molecule has 0 aromatic carbocycles. The van der Waals surface area contributed by atoms with E-state index in [0.29, 0.717) is 12.8 Å². The lowest BCUT2D eigenvalue weighted by molar-refractivity contribution is -0.138. The van der Waals surface area contributed by atoms with Crippen LogP contribution in [0.5, 0.6) is 0 Å². The lowest BCUT2D eigenvalue weighted by Gasteiger charge is -2.14. The number of aliphatic carboxylic acids is 1. The van der Waals surface area contributed by atoms with E-state index in [4.69, 9.17) is 10.8 Å². The molecule has 0 rings (SSSR count). The van der Waals surface area contributed by atoms with Crippen molar-refractivity contribution in [3.63, 3.8) is 0 Å². The summed E-state index contributed by atoms with van der Waals surface area (Å²) >= 11 is 0. The van der Waals surface area contributed by atoms with Gasteiger partial charge in [0, 0.05) is 12.3 Å². The molecule has 0 aliphatic carbocycles. The fourth-order valence-electron chi connectivity index (χ4n) is 1.35. The van der Waals surface area contributed by atoms with E-state index >= 15 is 0 Å². The number of carbonyl (C=O) groups excluding carboxylic acids is 1. The van der Waals surface area contributed by atoms with Gasteiger partial charge in [0.15, 0.2) is 0 Å². The van der Waals surface area contributed by atoms with Crippen LogP contribution in [0.4, 0.5) is 0 Å². The van der Waals surface area contributed by atoms with Crippen LogP contribution in [0, 0.1) is 11.8 Å². The molecule has 2 atom stereocenters. The molecule has 0 aromatic rings. The summed E-state index contributed by atoms with van der Waals surface area (Å²) in [5, 5.41) is 8.49. The highest BCUT2D eigenvalue weighted by Crippen LogP contribution is 2.17. The van der Waals surface area contributed by atoms with Crippen molar-refractivity contribution in [2.75, 3.05) is 0 Å². The Morgan fingerprint density at radius 1 is 1.46 bits per heavy atom. The summed E-state index contributed by atoms with van der Waals surface area (Å²) in [5.41, 5.74) is 5.14. The summed E-state index contributed by atoms with van der Waals surface area (Å²) in [6.45, 7) is 3.70. The molecule has 0 aromatic heterocycles. The molecule has 0 fully saturated rings. The largest absolute Gasteiger partial charge is 0.481 e. The second-order valence-corrected chi connectivity index (χ2v) is 3.45. The van der Waals surface area contributed by atoms with Crippen molar-refractivity contribution in [2.45, 2.75) is 33.1 Å². The molecule has 0 radical (unpaired) electrons. The third kappa shape index (κ3) is 5.22. The Balaban J connectivity index is 3.93. The zero-order chi connectivity index (χ0) is 10.4. The van der Waals surface area contributed by atoms with E-state index in [0.717, 1.165) is 0 Å². The van der Waals surface area contributed by atoms with Crippen LogP contribution in [0.3, 0.4) is 0 Å². The first kappa shape index (κ1) is 11.9. The maximum Gasteiger partial charge on any atom is 0.303 e. The maximum absolute atomic E-state index is 10.8. The van der Waals surface area contributed by atoms with Gasteiger partial charge in [-0.3, -0.25) is 9.59 Å².